The minimum absolute atomic E-state index is 0.0206. The number of amides is 1. The zero-order valence-corrected chi connectivity index (χ0v) is 11.3. The highest BCUT2D eigenvalue weighted by molar-refractivity contribution is 5.95. The van der Waals surface area contributed by atoms with Crippen LogP contribution in [-0.4, -0.2) is 55.8 Å². The molecule has 0 radical (unpaired) electrons. The molecule has 3 heterocycles. The van der Waals surface area contributed by atoms with Crippen molar-refractivity contribution in [2.45, 2.75) is 18.6 Å². The third-order valence-electron chi connectivity index (χ3n) is 3.60. The van der Waals surface area contributed by atoms with Crippen molar-refractivity contribution in [1.29, 1.82) is 0 Å². The fourth-order valence-corrected chi connectivity index (χ4v) is 2.53. The summed E-state index contributed by atoms with van der Waals surface area (Å²) in [6.45, 7) is -0.210. The van der Waals surface area contributed by atoms with E-state index in [0.29, 0.717) is 11.4 Å². The van der Waals surface area contributed by atoms with Gasteiger partial charge in [0.25, 0.3) is 5.91 Å². The molecule has 21 heavy (non-hydrogen) atoms. The molecule has 1 fully saturated rings. The van der Waals surface area contributed by atoms with Gasteiger partial charge in [-0.15, -0.1) is 0 Å². The highest BCUT2D eigenvalue weighted by Gasteiger charge is 2.35. The van der Waals surface area contributed by atoms with Crippen molar-refractivity contribution in [2.24, 2.45) is 0 Å². The number of aliphatic hydroxyl groups is 1. The van der Waals surface area contributed by atoms with Crippen LogP contribution in [0.3, 0.4) is 0 Å². The Bertz CT molecular complexity index is 632. The number of halogens is 1. The number of nitrogens with zero attached hydrogens (tertiary/aromatic N) is 4. The van der Waals surface area contributed by atoms with E-state index in [0.717, 1.165) is 0 Å². The molecule has 1 N–H and O–H groups in total. The van der Waals surface area contributed by atoms with E-state index in [1.807, 2.05) is 0 Å². The highest BCUT2D eigenvalue weighted by atomic mass is 19.1. The molecule has 6 nitrogen and oxygen atoms in total. The molecule has 0 aliphatic carbocycles. The summed E-state index contributed by atoms with van der Waals surface area (Å²) in [7, 11) is 0. The summed E-state index contributed by atoms with van der Waals surface area (Å²) >= 11 is 0. The van der Waals surface area contributed by atoms with E-state index in [1.54, 1.807) is 35.4 Å². The maximum absolute atomic E-state index is 13.5. The molecular weight excluding hydrogens is 275 g/mol. The standard InChI is InChI=1S/C14H15FN4O2/c15-11-6-12(8-20)19(7-11)14(21)10-1-2-17-13(5-10)18-4-3-16-9-18/h1-5,9,11-12,20H,6-8H2/t11-,12-/m0/s1. The van der Waals surface area contributed by atoms with E-state index in [2.05, 4.69) is 9.97 Å². The first-order valence-electron chi connectivity index (χ1n) is 6.69. The van der Waals surface area contributed by atoms with Gasteiger partial charge in [0.05, 0.1) is 19.2 Å². The van der Waals surface area contributed by atoms with E-state index >= 15 is 0 Å². The molecular formula is C14H15FN4O2. The summed E-state index contributed by atoms with van der Waals surface area (Å²) in [6.07, 6.45) is 5.55. The van der Waals surface area contributed by atoms with E-state index in [1.165, 1.54) is 11.1 Å². The van der Waals surface area contributed by atoms with Gasteiger partial charge < -0.3 is 10.0 Å². The number of alkyl halides is 1. The minimum Gasteiger partial charge on any atom is -0.394 e. The lowest BCUT2D eigenvalue weighted by molar-refractivity contribution is 0.0672. The minimum atomic E-state index is -1.08. The number of imidazole rings is 1. The number of likely N-dealkylation sites (tertiary alicyclic amines) is 1. The lowest BCUT2D eigenvalue weighted by Gasteiger charge is -2.22. The van der Waals surface area contributed by atoms with Gasteiger partial charge in [-0.1, -0.05) is 0 Å². The molecule has 1 saturated heterocycles. The topological polar surface area (TPSA) is 71.2 Å². The number of carbonyl (C=O) groups is 1. The lowest BCUT2D eigenvalue weighted by atomic mass is 10.2. The molecule has 2 aromatic rings. The Labute approximate surface area is 120 Å². The maximum Gasteiger partial charge on any atom is 0.254 e. The molecule has 3 rings (SSSR count). The summed E-state index contributed by atoms with van der Waals surface area (Å²) in [5.41, 5.74) is 0.418. The first-order chi connectivity index (χ1) is 10.2. The Hall–Kier alpha value is -2.28. The van der Waals surface area contributed by atoms with Gasteiger partial charge >= 0.3 is 0 Å². The first kappa shape index (κ1) is 13.7. The molecule has 0 spiro atoms. The maximum atomic E-state index is 13.5. The SMILES string of the molecule is O=C(c1ccnc(-n2ccnc2)c1)N1C[C@@H](F)C[C@H]1CO. The van der Waals surface area contributed by atoms with Gasteiger partial charge in [-0.05, 0) is 12.1 Å². The summed E-state index contributed by atoms with van der Waals surface area (Å²) in [6, 6.07) is 2.75. The van der Waals surface area contributed by atoms with Crippen molar-refractivity contribution in [3.63, 3.8) is 0 Å². The molecule has 0 bridgehead atoms. The number of rotatable bonds is 3. The predicted molar refractivity (Wildman–Crippen MR) is 72.8 cm³/mol. The van der Waals surface area contributed by atoms with Gasteiger partial charge in [0.2, 0.25) is 0 Å². The Morgan fingerprint density at radius 1 is 1.48 bits per heavy atom. The van der Waals surface area contributed by atoms with Crippen molar-refractivity contribution >= 4 is 5.91 Å². The zero-order chi connectivity index (χ0) is 14.8. The average molecular weight is 290 g/mol. The van der Waals surface area contributed by atoms with Crippen molar-refractivity contribution in [1.82, 2.24) is 19.4 Å². The predicted octanol–water partition coefficient (Wildman–Crippen LogP) is 0.812. The molecule has 0 unspecified atom stereocenters. The van der Waals surface area contributed by atoms with Gasteiger partial charge in [-0.2, -0.15) is 0 Å². The van der Waals surface area contributed by atoms with Crippen LogP contribution >= 0.6 is 0 Å². The molecule has 1 aliphatic heterocycles. The quantitative estimate of drug-likeness (QED) is 0.908. The Kier molecular flexibility index (Phi) is 3.66. The molecule has 0 saturated carbocycles. The smallest absolute Gasteiger partial charge is 0.254 e. The zero-order valence-electron chi connectivity index (χ0n) is 11.3. The number of aromatic nitrogens is 3. The number of carbonyl (C=O) groups excluding carboxylic acids is 1. The van der Waals surface area contributed by atoms with Gasteiger partial charge in [-0.25, -0.2) is 14.4 Å². The van der Waals surface area contributed by atoms with Crippen LogP contribution in [0.4, 0.5) is 4.39 Å². The highest BCUT2D eigenvalue weighted by Crippen LogP contribution is 2.22. The first-order valence-corrected chi connectivity index (χ1v) is 6.69. The lowest BCUT2D eigenvalue weighted by Crippen LogP contribution is -2.37. The summed E-state index contributed by atoms with van der Waals surface area (Å²) < 4.78 is 15.1. The van der Waals surface area contributed by atoms with Crippen LogP contribution in [0.25, 0.3) is 5.82 Å². The van der Waals surface area contributed by atoms with E-state index < -0.39 is 12.2 Å². The number of hydrogen-bond donors (Lipinski definition) is 1. The summed E-state index contributed by atoms with van der Waals surface area (Å²) in [5.74, 6) is 0.271. The monoisotopic (exact) mass is 290 g/mol. The number of pyridine rings is 1. The largest absolute Gasteiger partial charge is 0.394 e. The second kappa shape index (κ2) is 5.61. The fraction of sp³-hybridized carbons (Fsp3) is 0.357. The summed E-state index contributed by atoms with van der Waals surface area (Å²) in [4.78, 5) is 22.0. The second-order valence-corrected chi connectivity index (χ2v) is 5.00. The van der Waals surface area contributed by atoms with Crippen LogP contribution < -0.4 is 0 Å². The van der Waals surface area contributed by atoms with Gasteiger partial charge in [-0.3, -0.25) is 9.36 Å². The van der Waals surface area contributed by atoms with Gasteiger partial charge in [0.1, 0.15) is 18.3 Å². The van der Waals surface area contributed by atoms with Crippen molar-refractivity contribution in [3.8, 4) is 5.82 Å². The third-order valence-corrected chi connectivity index (χ3v) is 3.60. The van der Waals surface area contributed by atoms with E-state index in [4.69, 9.17) is 0 Å². The Morgan fingerprint density at radius 2 is 2.33 bits per heavy atom. The molecule has 110 valence electrons. The van der Waals surface area contributed by atoms with Crippen LogP contribution in [0.5, 0.6) is 0 Å². The van der Waals surface area contributed by atoms with Gasteiger partial charge in [0.15, 0.2) is 0 Å². The van der Waals surface area contributed by atoms with E-state index in [9.17, 15) is 14.3 Å². The molecule has 2 atom stereocenters. The Balaban J connectivity index is 1.87. The van der Waals surface area contributed by atoms with Crippen LogP contribution in [-0.2, 0) is 0 Å². The Morgan fingerprint density at radius 3 is 3.05 bits per heavy atom. The molecule has 1 amide bonds. The molecule has 2 aromatic heterocycles. The van der Waals surface area contributed by atoms with Crippen LogP contribution in [0.1, 0.15) is 16.8 Å². The van der Waals surface area contributed by atoms with Crippen molar-refractivity contribution in [3.05, 3.63) is 42.6 Å². The van der Waals surface area contributed by atoms with Crippen molar-refractivity contribution < 1.29 is 14.3 Å². The van der Waals surface area contributed by atoms with Crippen LogP contribution in [0, 0.1) is 0 Å². The van der Waals surface area contributed by atoms with Gasteiger partial charge in [0, 0.05) is 30.6 Å². The number of aliphatic hydroxyl groups excluding tert-OH is 1. The van der Waals surface area contributed by atoms with Crippen LogP contribution in [0.15, 0.2) is 37.1 Å². The van der Waals surface area contributed by atoms with Crippen molar-refractivity contribution in [2.75, 3.05) is 13.2 Å². The summed E-state index contributed by atoms with van der Waals surface area (Å²) in [5, 5.41) is 9.27. The van der Waals surface area contributed by atoms with Crippen LogP contribution in [0.2, 0.25) is 0 Å². The second-order valence-electron chi connectivity index (χ2n) is 5.00. The third kappa shape index (κ3) is 2.64. The number of hydrogen-bond acceptors (Lipinski definition) is 4. The molecule has 7 heteroatoms. The fourth-order valence-electron chi connectivity index (χ4n) is 2.53. The average Bonchev–Trinajstić information content (AvgIpc) is 3.15. The molecule has 1 aliphatic rings. The molecule has 0 aromatic carbocycles. The van der Waals surface area contributed by atoms with E-state index in [-0.39, 0.29) is 25.5 Å². The normalized spacial score (nSPS) is 21.7.